The molecule has 15 heavy (non-hydrogen) atoms. The minimum absolute atomic E-state index is 0.207. The van der Waals surface area contributed by atoms with Gasteiger partial charge in [0.25, 0.3) is 0 Å². The van der Waals surface area contributed by atoms with Crippen LogP contribution in [0.25, 0.3) is 0 Å². The average molecular weight is 214 g/mol. The fourth-order valence-electron chi connectivity index (χ4n) is 1.29. The lowest BCUT2D eigenvalue weighted by Gasteiger charge is -2.15. The van der Waals surface area contributed by atoms with Gasteiger partial charge in [-0.15, -0.1) is 0 Å². The van der Waals surface area contributed by atoms with E-state index in [1.165, 1.54) is 13.8 Å². The maximum Gasteiger partial charge on any atom is 0.150 e. The van der Waals surface area contributed by atoms with Gasteiger partial charge in [-0.3, -0.25) is 14.4 Å². The molecule has 4 N–H and O–H groups in total. The zero-order valence-electron chi connectivity index (χ0n) is 9.16. The highest BCUT2D eigenvalue weighted by atomic mass is 16.2. The lowest BCUT2D eigenvalue weighted by atomic mass is 9.90. The summed E-state index contributed by atoms with van der Waals surface area (Å²) < 4.78 is 0. The van der Waals surface area contributed by atoms with Crippen LogP contribution in [-0.4, -0.2) is 29.9 Å². The molecule has 0 aliphatic rings. The number of rotatable bonds is 7. The second-order valence-electron chi connectivity index (χ2n) is 3.74. The van der Waals surface area contributed by atoms with Crippen molar-refractivity contribution in [2.75, 3.05) is 6.54 Å². The number of nitrogens with two attached hydrogens (primary N) is 2. The lowest BCUT2D eigenvalue weighted by molar-refractivity contribution is -0.133. The van der Waals surface area contributed by atoms with Gasteiger partial charge in [0, 0.05) is 12.6 Å². The summed E-state index contributed by atoms with van der Waals surface area (Å²) in [5, 5.41) is 0. The molecule has 0 aromatic heterocycles. The van der Waals surface area contributed by atoms with Crippen LogP contribution in [0, 0.1) is 5.92 Å². The van der Waals surface area contributed by atoms with Gasteiger partial charge in [-0.1, -0.05) is 0 Å². The van der Waals surface area contributed by atoms with E-state index >= 15 is 0 Å². The third-order valence-corrected chi connectivity index (χ3v) is 2.14. The third-order valence-electron chi connectivity index (χ3n) is 2.14. The monoisotopic (exact) mass is 214 g/mol. The topological polar surface area (TPSA) is 103 Å². The van der Waals surface area contributed by atoms with Gasteiger partial charge >= 0.3 is 0 Å². The minimum atomic E-state index is -0.785. The van der Waals surface area contributed by atoms with Crippen molar-refractivity contribution in [2.45, 2.75) is 32.7 Å². The summed E-state index contributed by atoms with van der Waals surface area (Å²) in [5.41, 5.74) is 10.9. The Balaban J connectivity index is 4.45. The van der Waals surface area contributed by atoms with Gasteiger partial charge < -0.3 is 11.5 Å². The molecule has 5 nitrogen and oxygen atoms in total. The smallest absolute Gasteiger partial charge is 0.150 e. The number of hydrogen-bond donors (Lipinski definition) is 2. The maximum absolute atomic E-state index is 11.5. The fourth-order valence-corrected chi connectivity index (χ4v) is 1.29. The second kappa shape index (κ2) is 6.42. The Morgan fingerprint density at radius 3 is 2.07 bits per heavy atom. The van der Waals surface area contributed by atoms with Crippen molar-refractivity contribution in [3.8, 4) is 0 Å². The predicted octanol–water partition coefficient (Wildman–Crippen LogP) is -0.584. The molecule has 0 bridgehead atoms. The molecule has 0 spiro atoms. The highest BCUT2D eigenvalue weighted by Crippen LogP contribution is 2.11. The number of hydrogen-bond acceptors (Lipinski definition) is 5. The van der Waals surface area contributed by atoms with E-state index in [0.29, 0.717) is 0 Å². The fraction of sp³-hybridized carbons (Fsp3) is 0.700. The maximum atomic E-state index is 11.5. The summed E-state index contributed by atoms with van der Waals surface area (Å²) in [6, 6.07) is -0.380. The number of ketones is 3. The Bertz CT molecular complexity index is 263. The Kier molecular flexibility index (Phi) is 5.96. The zero-order valence-corrected chi connectivity index (χ0v) is 9.16. The van der Waals surface area contributed by atoms with Gasteiger partial charge in [0.1, 0.15) is 11.6 Å². The first-order valence-corrected chi connectivity index (χ1v) is 4.86. The molecule has 0 amide bonds. The van der Waals surface area contributed by atoms with Gasteiger partial charge in [-0.2, -0.15) is 0 Å². The van der Waals surface area contributed by atoms with Crippen LogP contribution >= 0.6 is 0 Å². The van der Waals surface area contributed by atoms with Crippen LogP contribution in [-0.2, 0) is 14.4 Å². The SMILES string of the molecule is CC(=O)CC(=O)C(CC(N)CN)C(C)=O. The van der Waals surface area contributed by atoms with Crippen molar-refractivity contribution in [3.63, 3.8) is 0 Å². The van der Waals surface area contributed by atoms with Gasteiger partial charge in [0.15, 0.2) is 5.78 Å². The highest BCUT2D eigenvalue weighted by Gasteiger charge is 2.25. The Morgan fingerprint density at radius 1 is 1.20 bits per heavy atom. The van der Waals surface area contributed by atoms with Crippen molar-refractivity contribution in [3.05, 3.63) is 0 Å². The Labute approximate surface area is 89.2 Å². The summed E-state index contributed by atoms with van der Waals surface area (Å²) in [4.78, 5) is 33.4. The predicted molar refractivity (Wildman–Crippen MR) is 56.1 cm³/mol. The van der Waals surface area contributed by atoms with Crippen LogP contribution < -0.4 is 11.5 Å². The summed E-state index contributed by atoms with van der Waals surface area (Å²) in [6.07, 6.45) is 0.0134. The molecule has 0 saturated heterocycles. The van der Waals surface area contributed by atoms with Gasteiger partial charge in [-0.05, 0) is 20.3 Å². The van der Waals surface area contributed by atoms with Gasteiger partial charge in [0.2, 0.25) is 0 Å². The molecule has 0 aromatic carbocycles. The summed E-state index contributed by atoms with van der Waals surface area (Å²) >= 11 is 0. The van der Waals surface area contributed by atoms with E-state index in [2.05, 4.69) is 0 Å². The molecule has 0 heterocycles. The molecule has 0 fully saturated rings. The molecule has 0 saturated carbocycles. The number of Topliss-reactive ketones (excluding diaryl/α,β-unsaturated/α-hetero) is 3. The van der Waals surface area contributed by atoms with Crippen molar-refractivity contribution >= 4 is 17.3 Å². The van der Waals surface area contributed by atoms with Crippen molar-refractivity contribution < 1.29 is 14.4 Å². The number of carbonyl (C=O) groups excluding carboxylic acids is 3. The van der Waals surface area contributed by atoms with E-state index in [0.717, 1.165) is 0 Å². The molecular formula is C10H18N2O3. The molecule has 5 heteroatoms. The molecule has 2 atom stereocenters. The largest absolute Gasteiger partial charge is 0.329 e. The minimum Gasteiger partial charge on any atom is -0.329 e. The first kappa shape index (κ1) is 13.9. The molecular weight excluding hydrogens is 196 g/mol. The first-order chi connectivity index (χ1) is 6.88. The van der Waals surface area contributed by atoms with Crippen LogP contribution in [0.4, 0.5) is 0 Å². The molecule has 86 valence electrons. The molecule has 2 unspecified atom stereocenters. The van der Waals surface area contributed by atoms with E-state index in [1.807, 2.05) is 0 Å². The van der Waals surface area contributed by atoms with Crippen LogP contribution in [0.5, 0.6) is 0 Å². The van der Waals surface area contributed by atoms with Crippen LogP contribution in [0.1, 0.15) is 26.7 Å². The van der Waals surface area contributed by atoms with Crippen molar-refractivity contribution in [2.24, 2.45) is 17.4 Å². The average Bonchev–Trinajstić information content (AvgIpc) is 2.11. The van der Waals surface area contributed by atoms with Crippen molar-refractivity contribution in [1.29, 1.82) is 0 Å². The third kappa shape index (κ3) is 5.39. The molecule has 0 rings (SSSR count). The molecule has 0 aliphatic carbocycles. The molecule has 0 aliphatic heterocycles. The lowest BCUT2D eigenvalue weighted by Crippen LogP contribution is -2.36. The summed E-state index contributed by atoms with van der Waals surface area (Å²) in [6.45, 7) is 2.86. The van der Waals surface area contributed by atoms with Gasteiger partial charge in [0.05, 0.1) is 12.3 Å². The molecule has 0 aromatic rings. The van der Waals surface area contributed by atoms with Crippen LogP contribution in [0.3, 0.4) is 0 Å². The summed E-state index contributed by atoms with van der Waals surface area (Å²) in [5.74, 6) is -1.65. The quantitative estimate of drug-likeness (QED) is 0.552. The van der Waals surface area contributed by atoms with E-state index in [1.54, 1.807) is 0 Å². The highest BCUT2D eigenvalue weighted by molar-refractivity contribution is 6.08. The van der Waals surface area contributed by atoms with Crippen molar-refractivity contribution in [1.82, 2.24) is 0 Å². The standard InChI is InChI=1S/C10H18N2O3/c1-6(13)3-10(15)9(7(2)14)4-8(12)5-11/h8-9H,3-5,11-12H2,1-2H3. The van der Waals surface area contributed by atoms with E-state index < -0.39 is 5.92 Å². The zero-order chi connectivity index (χ0) is 12.0. The van der Waals surface area contributed by atoms with Crippen LogP contribution in [0.2, 0.25) is 0 Å². The number of carbonyl (C=O) groups is 3. The Hall–Kier alpha value is -1.07. The molecule has 0 radical (unpaired) electrons. The van der Waals surface area contributed by atoms with Gasteiger partial charge in [-0.25, -0.2) is 0 Å². The van der Waals surface area contributed by atoms with E-state index in [9.17, 15) is 14.4 Å². The Morgan fingerprint density at radius 2 is 1.73 bits per heavy atom. The summed E-state index contributed by atoms with van der Waals surface area (Å²) in [7, 11) is 0. The first-order valence-electron chi connectivity index (χ1n) is 4.86. The van der Waals surface area contributed by atoms with E-state index in [4.69, 9.17) is 11.5 Å². The normalized spacial score (nSPS) is 14.4. The van der Waals surface area contributed by atoms with Crippen LogP contribution in [0.15, 0.2) is 0 Å². The second-order valence-corrected chi connectivity index (χ2v) is 3.74. The van der Waals surface area contributed by atoms with E-state index in [-0.39, 0.29) is 42.8 Å².